The van der Waals surface area contributed by atoms with Crippen molar-refractivity contribution in [1.29, 1.82) is 0 Å². The van der Waals surface area contributed by atoms with E-state index in [1.807, 2.05) is 0 Å². The van der Waals surface area contributed by atoms with Gasteiger partial charge >= 0.3 is 0 Å². The molecule has 3 heteroatoms. The molecule has 0 saturated heterocycles. The molecule has 0 aliphatic heterocycles. The van der Waals surface area contributed by atoms with Gasteiger partial charge < -0.3 is 5.32 Å². The minimum absolute atomic E-state index is 0.666. The van der Waals surface area contributed by atoms with E-state index in [1.54, 1.807) is 0 Å². The molecule has 0 aromatic carbocycles. The molecule has 92 valence electrons. The van der Waals surface area contributed by atoms with Crippen LogP contribution in [0.2, 0.25) is 0 Å². The van der Waals surface area contributed by atoms with Crippen LogP contribution in [0, 0.1) is 0 Å². The first-order valence-corrected chi connectivity index (χ1v) is 7.76. The lowest BCUT2D eigenvalue weighted by molar-refractivity contribution is 0.407. The molecule has 0 atom stereocenters. The van der Waals surface area contributed by atoms with E-state index in [2.05, 4.69) is 63.2 Å². The topological polar surface area (TPSA) is 12.0 Å². The Balaban J connectivity index is 2.36. The molecular weight excluding hydrogens is 330 g/mol. The number of hydrogen-bond acceptors (Lipinski definition) is 1. The zero-order valence-corrected chi connectivity index (χ0v) is 13.3. The highest BCUT2D eigenvalue weighted by atomic mass is 79.9. The quantitative estimate of drug-likeness (QED) is 0.563. The fourth-order valence-corrected chi connectivity index (χ4v) is 2.56. The van der Waals surface area contributed by atoms with Crippen LogP contribution in [0.4, 0.5) is 0 Å². The monoisotopic (exact) mass is 349 g/mol. The lowest BCUT2D eigenvalue weighted by Crippen LogP contribution is -2.32. The van der Waals surface area contributed by atoms with E-state index >= 15 is 0 Å². The Morgan fingerprint density at radius 1 is 1.25 bits per heavy atom. The lowest BCUT2D eigenvalue weighted by atomic mass is 9.95. The number of alkyl halides is 1. The average Bonchev–Trinajstić information content (AvgIpc) is 2.29. The predicted molar refractivity (Wildman–Crippen MR) is 79.2 cm³/mol. The second kappa shape index (κ2) is 7.54. The summed E-state index contributed by atoms with van der Waals surface area (Å²) in [5.74, 6) is 0. The number of rotatable bonds is 4. The molecule has 1 fully saturated rings. The second-order valence-corrected chi connectivity index (χ2v) is 6.72. The molecule has 1 rings (SSSR count). The molecule has 0 amide bonds. The third-order valence-electron chi connectivity index (χ3n) is 2.94. The van der Waals surface area contributed by atoms with Gasteiger partial charge in [0.1, 0.15) is 0 Å². The highest BCUT2D eigenvalue weighted by molar-refractivity contribution is 9.11. The summed E-state index contributed by atoms with van der Waals surface area (Å²) in [6.07, 6.45) is 10.5. The van der Waals surface area contributed by atoms with Gasteiger partial charge in [-0.15, -0.1) is 0 Å². The molecule has 0 unspecified atom stereocenters. The second-order valence-electron chi connectivity index (χ2n) is 4.41. The van der Waals surface area contributed by atoms with E-state index in [-0.39, 0.29) is 0 Å². The van der Waals surface area contributed by atoms with Crippen LogP contribution in [0.3, 0.4) is 0 Å². The van der Waals surface area contributed by atoms with Gasteiger partial charge in [-0.1, -0.05) is 44.9 Å². The molecular formula is C13H21Br2N. The average molecular weight is 351 g/mol. The van der Waals surface area contributed by atoms with E-state index in [4.69, 9.17) is 0 Å². The van der Waals surface area contributed by atoms with Crippen molar-refractivity contribution in [3.8, 4) is 0 Å². The van der Waals surface area contributed by atoms with Crippen LogP contribution in [-0.4, -0.2) is 10.9 Å². The van der Waals surface area contributed by atoms with Gasteiger partial charge in [-0.3, -0.25) is 0 Å². The maximum Gasteiger partial charge on any atom is 0.0258 e. The molecule has 0 radical (unpaired) electrons. The third-order valence-corrected chi connectivity index (χ3v) is 4.68. The zero-order valence-electron chi connectivity index (χ0n) is 10.1. The van der Waals surface area contributed by atoms with Crippen molar-refractivity contribution in [2.75, 3.05) is 0 Å². The number of hydrogen-bond donors (Lipinski definition) is 1. The highest BCUT2D eigenvalue weighted by Crippen LogP contribution is 2.24. The van der Waals surface area contributed by atoms with E-state index in [0.717, 1.165) is 11.2 Å². The first-order valence-electron chi connectivity index (χ1n) is 6.05. The van der Waals surface area contributed by atoms with Gasteiger partial charge in [-0.2, -0.15) is 0 Å². The zero-order chi connectivity index (χ0) is 12.0. The van der Waals surface area contributed by atoms with Gasteiger partial charge in [0, 0.05) is 16.6 Å². The third kappa shape index (κ3) is 5.53. The van der Waals surface area contributed by atoms with Gasteiger partial charge in [0.2, 0.25) is 0 Å². The smallest absolute Gasteiger partial charge is 0.0258 e. The fourth-order valence-electron chi connectivity index (χ4n) is 1.90. The standard InChI is InChI=1S/C13H21Br2N/c1-3-11(14)5-4-10(2)16-13-8-6-12(15)7-9-13/h4-5,12-13,16H,3,6-9H2,1-2H3/b10-4+,11-5+. The Morgan fingerprint density at radius 3 is 2.44 bits per heavy atom. The Bertz CT molecular complexity index is 263. The summed E-state index contributed by atoms with van der Waals surface area (Å²) < 4.78 is 1.25. The molecule has 0 aromatic heterocycles. The van der Waals surface area contributed by atoms with Crippen LogP contribution in [0.1, 0.15) is 46.0 Å². The van der Waals surface area contributed by atoms with E-state index in [0.29, 0.717) is 6.04 Å². The summed E-state index contributed by atoms with van der Waals surface area (Å²) in [5.41, 5.74) is 1.27. The number of nitrogens with one attached hydrogen (secondary N) is 1. The number of halogens is 2. The maximum absolute atomic E-state index is 3.68. The summed E-state index contributed by atoms with van der Waals surface area (Å²) in [7, 11) is 0. The maximum atomic E-state index is 3.68. The molecule has 1 aliphatic carbocycles. The van der Waals surface area contributed by atoms with E-state index in [1.165, 1.54) is 35.9 Å². The summed E-state index contributed by atoms with van der Waals surface area (Å²) in [4.78, 5) is 0.740. The van der Waals surface area contributed by atoms with Gasteiger partial charge in [-0.05, 0) is 49.6 Å². The van der Waals surface area contributed by atoms with Crippen LogP contribution in [0.25, 0.3) is 0 Å². The van der Waals surface area contributed by atoms with Gasteiger partial charge in [0.25, 0.3) is 0 Å². The minimum Gasteiger partial charge on any atom is -0.386 e. The summed E-state index contributed by atoms with van der Waals surface area (Å²) in [6, 6.07) is 0.666. The summed E-state index contributed by atoms with van der Waals surface area (Å²) in [5, 5.41) is 3.59. The SMILES string of the molecule is CC/C(Br)=C\C=C(/C)NC1CCC(Br)CC1. The summed E-state index contributed by atoms with van der Waals surface area (Å²) in [6.45, 7) is 4.29. The van der Waals surface area contributed by atoms with Crippen LogP contribution < -0.4 is 5.32 Å². The first-order chi connectivity index (χ1) is 7.61. The molecule has 0 bridgehead atoms. The normalized spacial score (nSPS) is 28.0. The predicted octanol–water partition coefficient (Wildman–Crippen LogP) is 4.87. The van der Waals surface area contributed by atoms with Crippen molar-refractivity contribution in [2.24, 2.45) is 0 Å². The fraction of sp³-hybridized carbons (Fsp3) is 0.692. The molecule has 16 heavy (non-hydrogen) atoms. The molecule has 0 heterocycles. The Hall–Kier alpha value is 0.240. The summed E-state index contributed by atoms with van der Waals surface area (Å²) >= 11 is 7.20. The van der Waals surface area contributed by atoms with Crippen molar-refractivity contribution < 1.29 is 0 Å². The van der Waals surface area contributed by atoms with E-state index < -0.39 is 0 Å². The highest BCUT2D eigenvalue weighted by Gasteiger charge is 2.18. The Kier molecular flexibility index (Phi) is 6.74. The lowest BCUT2D eigenvalue weighted by Gasteiger charge is -2.27. The van der Waals surface area contributed by atoms with Crippen molar-refractivity contribution in [3.05, 3.63) is 22.3 Å². The van der Waals surface area contributed by atoms with Crippen molar-refractivity contribution in [1.82, 2.24) is 5.32 Å². The molecule has 1 nitrogen and oxygen atoms in total. The van der Waals surface area contributed by atoms with Crippen LogP contribution in [-0.2, 0) is 0 Å². The van der Waals surface area contributed by atoms with Crippen LogP contribution in [0.5, 0.6) is 0 Å². The molecule has 1 aliphatic rings. The largest absolute Gasteiger partial charge is 0.386 e. The van der Waals surface area contributed by atoms with Crippen LogP contribution >= 0.6 is 31.9 Å². The Labute approximate surface area is 116 Å². The van der Waals surface area contributed by atoms with Gasteiger partial charge in [0.05, 0.1) is 0 Å². The Morgan fingerprint density at radius 2 is 1.88 bits per heavy atom. The minimum atomic E-state index is 0.666. The van der Waals surface area contributed by atoms with Crippen molar-refractivity contribution in [2.45, 2.75) is 56.8 Å². The number of allylic oxidation sites excluding steroid dienone is 4. The molecule has 0 aromatic rings. The van der Waals surface area contributed by atoms with Crippen LogP contribution in [0.15, 0.2) is 22.3 Å². The molecule has 1 saturated carbocycles. The van der Waals surface area contributed by atoms with Crippen molar-refractivity contribution in [3.63, 3.8) is 0 Å². The van der Waals surface area contributed by atoms with Gasteiger partial charge in [-0.25, -0.2) is 0 Å². The first kappa shape index (κ1) is 14.3. The molecule has 0 spiro atoms. The van der Waals surface area contributed by atoms with Gasteiger partial charge in [0.15, 0.2) is 0 Å². The van der Waals surface area contributed by atoms with E-state index in [9.17, 15) is 0 Å². The van der Waals surface area contributed by atoms with Crippen molar-refractivity contribution >= 4 is 31.9 Å². The molecule has 1 N–H and O–H groups in total.